The summed E-state index contributed by atoms with van der Waals surface area (Å²) in [5.41, 5.74) is 12.7. The summed E-state index contributed by atoms with van der Waals surface area (Å²) in [4.78, 5) is 2.69. The molecule has 0 saturated carbocycles. The molecule has 0 bridgehead atoms. The molecule has 10 heteroatoms. The van der Waals surface area contributed by atoms with Crippen LogP contribution in [0.4, 0.5) is 11.4 Å². The SMILES string of the molecule is COc1ccc(-c2nn([C@@H]3O[C@H](CN=[N+]=[N-])[C@@H](O)[C@H]3O)cc2Nc2ccc(C)cc2)cc1. The summed E-state index contributed by atoms with van der Waals surface area (Å²) in [7, 11) is 1.60. The molecule has 0 unspecified atom stereocenters. The summed E-state index contributed by atoms with van der Waals surface area (Å²) < 4.78 is 12.5. The number of azide groups is 1. The first-order chi connectivity index (χ1) is 15.5. The van der Waals surface area contributed by atoms with Gasteiger partial charge in [0.15, 0.2) is 6.23 Å². The number of aromatic nitrogens is 2. The summed E-state index contributed by atoms with van der Waals surface area (Å²) in [5, 5.41) is 32.3. The Morgan fingerprint density at radius 1 is 1.16 bits per heavy atom. The molecule has 2 heterocycles. The molecule has 3 N–H and O–H groups in total. The zero-order valence-corrected chi connectivity index (χ0v) is 17.7. The topological polar surface area (TPSA) is 138 Å². The van der Waals surface area contributed by atoms with Crippen molar-refractivity contribution in [1.82, 2.24) is 9.78 Å². The minimum atomic E-state index is -1.23. The summed E-state index contributed by atoms with van der Waals surface area (Å²) in [6, 6.07) is 15.4. The van der Waals surface area contributed by atoms with Crippen LogP contribution in [-0.4, -0.2) is 52.0 Å². The Morgan fingerprint density at radius 3 is 2.53 bits per heavy atom. The molecule has 0 aliphatic carbocycles. The first-order valence-corrected chi connectivity index (χ1v) is 10.1. The lowest BCUT2D eigenvalue weighted by atomic mass is 10.1. The number of anilines is 2. The molecule has 4 rings (SSSR count). The number of rotatable bonds is 7. The lowest BCUT2D eigenvalue weighted by Crippen LogP contribution is -2.32. The van der Waals surface area contributed by atoms with Crippen LogP contribution >= 0.6 is 0 Å². The van der Waals surface area contributed by atoms with E-state index in [0.717, 1.165) is 22.6 Å². The summed E-state index contributed by atoms with van der Waals surface area (Å²) in [5.74, 6) is 0.722. The van der Waals surface area contributed by atoms with Gasteiger partial charge in [0.1, 0.15) is 23.7 Å². The van der Waals surface area contributed by atoms with Gasteiger partial charge >= 0.3 is 0 Å². The zero-order valence-electron chi connectivity index (χ0n) is 17.7. The Hall–Kier alpha value is -3.56. The Balaban J connectivity index is 1.69. The van der Waals surface area contributed by atoms with Crippen LogP contribution in [0.25, 0.3) is 21.7 Å². The highest BCUT2D eigenvalue weighted by Gasteiger charge is 2.44. The Labute approximate surface area is 184 Å². The van der Waals surface area contributed by atoms with Crippen LogP contribution in [0.3, 0.4) is 0 Å². The highest BCUT2D eigenvalue weighted by molar-refractivity contribution is 5.78. The normalized spacial score (nSPS) is 22.4. The number of aryl methyl sites for hydroxylation is 1. The van der Waals surface area contributed by atoms with Gasteiger partial charge in [0.2, 0.25) is 0 Å². The van der Waals surface area contributed by atoms with Crippen LogP contribution in [0.5, 0.6) is 5.75 Å². The van der Waals surface area contributed by atoms with Gasteiger partial charge in [-0.25, -0.2) is 4.68 Å². The molecule has 0 spiro atoms. The van der Waals surface area contributed by atoms with Gasteiger partial charge in [-0.3, -0.25) is 0 Å². The molecule has 32 heavy (non-hydrogen) atoms. The highest BCUT2D eigenvalue weighted by atomic mass is 16.6. The van der Waals surface area contributed by atoms with E-state index in [-0.39, 0.29) is 6.54 Å². The lowest BCUT2D eigenvalue weighted by molar-refractivity contribution is -0.0415. The highest BCUT2D eigenvalue weighted by Crippen LogP contribution is 2.35. The molecule has 0 amide bonds. The average Bonchev–Trinajstić information content (AvgIpc) is 3.35. The van der Waals surface area contributed by atoms with Crippen LogP contribution in [0.1, 0.15) is 11.8 Å². The fourth-order valence-corrected chi connectivity index (χ4v) is 3.58. The maximum Gasteiger partial charge on any atom is 0.179 e. The van der Waals surface area contributed by atoms with Crippen molar-refractivity contribution in [2.24, 2.45) is 5.11 Å². The Kier molecular flexibility index (Phi) is 6.29. The molecular weight excluding hydrogens is 412 g/mol. The van der Waals surface area contributed by atoms with Crippen molar-refractivity contribution in [3.63, 3.8) is 0 Å². The van der Waals surface area contributed by atoms with E-state index < -0.39 is 24.5 Å². The monoisotopic (exact) mass is 436 g/mol. The van der Waals surface area contributed by atoms with E-state index in [2.05, 4.69) is 20.4 Å². The number of aliphatic hydroxyl groups excluding tert-OH is 2. The number of aliphatic hydroxyl groups is 2. The molecule has 1 saturated heterocycles. The lowest BCUT2D eigenvalue weighted by Gasteiger charge is -2.14. The average molecular weight is 436 g/mol. The summed E-state index contributed by atoms with van der Waals surface area (Å²) >= 11 is 0. The minimum Gasteiger partial charge on any atom is -0.497 e. The number of benzene rings is 2. The molecule has 1 aromatic heterocycles. The van der Waals surface area contributed by atoms with Gasteiger partial charge < -0.3 is 25.0 Å². The Morgan fingerprint density at radius 2 is 1.88 bits per heavy atom. The van der Waals surface area contributed by atoms with Gasteiger partial charge in [0.25, 0.3) is 0 Å². The third-order valence-corrected chi connectivity index (χ3v) is 5.35. The fraction of sp³-hybridized carbons (Fsp3) is 0.318. The van der Waals surface area contributed by atoms with E-state index in [1.165, 1.54) is 4.68 Å². The second kappa shape index (κ2) is 9.29. The quantitative estimate of drug-likeness (QED) is 0.294. The third kappa shape index (κ3) is 4.39. The van der Waals surface area contributed by atoms with Crippen molar-refractivity contribution in [2.45, 2.75) is 31.5 Å². The van der Waals surface area contributed by atoms with Crippen molar-refractivity contribution in [3.05, 3.63) is 70.7 Å². The van der Waals surface area contributed by atoms with E-state index in [9.17, 15) is 10.2 Å². The predicted octanol–water partition coefficient (Wildman–Crippen LogP) is 3.54. The van der Waals surface area contributed by atoms with E-state index in [0.29, 0.717) is 11.4 Å². The molecule has 4 atom stereocenters. The van der Waals surface area contributed by atoms with Crippen molar-refractivity contribution >= 4 is 11.4 Å². The van der Waals surface area contributed by atoms with Crippen LogP contribution in [0, 0.1) is 6.92 Å². The van der Waals surface area contributed by atoms with E-state index in [1.807, 2.05) is 55.5 Å². The van der Waals surface area contributed by atoms with Crippen LogP contribution in [0.2, 0.25) is 0 Å². The smallest absolute Gasteiger partial charge is 0.179 e. The van der Waals surface area contributed by atoms with Crippen LogP contribution in [0.15, 0.2) is 59.8 Å². The van der Waals surface area contributed by atoms with Crippen molar-refractivity contribution < 1.29 is 19.7 Å². The van der Waals surface area contributed by atoms with Gasteiger partial charge in [-0.2, -0.15) is 5.10 Å². The molecule has 10 nitrogen and oxygen atoms in total. The minimum absolute atomic E-state index is 0.0910. The number of methoxy groups -OCH3 is 1. The second-order valence-corrected chi connectivity index (χ2v) is 7.55. The van der Waals surface area contributed by atoms with Gasteiger partial charge in [-0.05, 0) is 48.9 Å². The van der Waals surface area contributed by atoms with Crippen molar-refractivity contribution in [1.29, 1.82) is 0 Å². The number of ether oxygens (including phenoxy) is 2. The molecule has 1 fully saturated rings. The van der Waals surface area contributed by atoms with Gasteiger partial charge in [0, 0.05) is 16.2 Å². The number of hydrogen-bond acceptors (Lipinski definition) is 7. The fourth-order valence-electron chi connectivity index (χ4n) is 3.58. The van der Waals surface area contributed by atoms with Gasteiger partial charge in [-0.15, -0.1) is 0 Å². The molecule has 3 aromatic rings. The van der Waals surface area contributed by atoms with E-state index >= 15 is 0 Å². The predicted molar refractivity (Wildman–Crippen MR) is 119 cm³/mol. The largest absolute Gasteiger partial charge is 0.497 e. The Bertz CT molecular complexity index is 1110. The van der Waals surface area contributed by atoms with Crippen molar-refractivity contribution in [3.8, 4) is 17.0 Å². The standard InChI is InChI=1S/C22H24N6O4/c1-13-3-7-15(8-4-13)25-17-12-28(22-21(30)20(29)18(32-22)11-24-27-23)26-19(17)14-5-9-16(31-2)10-6-14/h3-10,12,18,20-22,25,29-30H,11H2,1-2H3/t18-,20-,21-,22-/m1/s1. The zero-order chi connectivity index (χ0) is 22.7. The summed E-state index contributed by atoms with van der Waals surface area (Å²) in [6.07, 6.45) is -2.48. The van der Waals surface area contributed by atoms with E-state index in [4.69, 9.17) is 15.0 Å². The van der Waals surface area contributed by atoms with E-state index in [1.54, 1.807) is 13.3 Å². The molecule has 166 valence electrons. The molecule has 2 aromatic carbocycles. The molecule has 0 radical (unpaired) electrons. The first-order valence-electron chi connectivity index (χ1n) is 10.1. The first kappa shape index (κ1) is 21.7. The number of nitrogens with zero attached hydrogens (tertiary/aromatic N) is 5. The maximum absolute atomic E-state index is 10.5. The van der Waals surface area contributed by atoms with Crippen molar-refractivity contribution in [2.75, 3.05) is 19.0 Å². The van der Waals surface area contributed by atoms with Gasteiger partial charge in [-0.1, -0.05) is 22.8 Å². The van der Waals surface area contributed by atoms with Crippen LogP contribution in [-0.2, 0) is 4.74 Å². The molecule has 1 aliphatic rings. The summed E-state index contributed by atoms with van der Waals surface area (Å²) in [6.45, 7) is 1.92. The second-order valence-electron chi connectivity index (χ2n) is 7.55. The number of nitrogens with one attached hydrogen (secondary N) is 1. The molecule has 1 aliphatic heterocycles. The maximum atomic E-state index is 10.5. The number of hydrogen-bond donors (Lipinski definition) is 3. The van der Waals surface area contributed by atoms with Crippen LogP contribution < -0.4 is 10.1 Å². The van der Waals surface area contributed by atoms with Gasteiger partial charge in [0.05, 0.1) is 31.6 Å². The third-order valence-electron chi connectivity index (χ3n) is 5.35. The molecular formula is C22H24N6O4.